The molecule has 1 aromatic heterocycles. The summed E-state index contributed by atoms with van der Waals surface area (Å²) in [6.45, 7) is 1.95. The third-order valence-corrected chi connectivity index (χ3v) is 4.79. The van der Waals surface area contributed by atoms with Gasteiger partial charge in [0.15, 0.2) is 0 Å². The minimum atomic E-state index is -1.46. The monoisotopic (exact) mass is 479 g/mol. The van der Waals surface area contributed by atoms with Crippen molar-refractivity contribution in [3.05, 3.63) is 108 Å². The van der Waals surface area contributed by atoms with E-state index < -0.39 is 37.6 Å². The van der Waals surface area contributed by atoms with Gasteiger partial charge in [0.1, 0.15) is 0 Å². The molecular formula is C21H17N7O7. The molecule has 4 aromatic rings. The molecule has 0 radical (unpaired) electrons. The Kier molecular flexibility index (Phi) is 6.95. The van der Waals surface area contributed by atoms with Crippen LogP contribution in [0.5, 0.6) is 5.75 Å². The summed E-state index contributed by atoms with van der Waals surface area (Å²) in [5.41, 5.74) is -0.247. The zero-order valence-corrected chi connectivity index (χ0v) is 18.0. The van der Waals surface area contributed by atoms with Gasteiger partial charge in [0.05, 0.1) is 38.9 Å². The fraction of sp³-hybridized carbons (Fsp3) is 0.0476. The maximum Gasteiger partial charge on any atom is 0.303 e. The van der Waals surface area contributed by atoms with Crippen molar-refractivity contribution >= 4 is 34.3 Å². The smallest absolute Gasteiger partial charge is 0.303 e. The standard InChI is InChI=1S/C15H15N4.C6H3N3O7/c1-12-18(16)14-9-5-6-10-15(14)19(12)17-11-13-7-3-2-4-8-13;10-6-4(8(13)14)1-3(7(11)12)2-5(6)9(15)16/h2-11H,16H2,1H3;1-2,10H/q+1;/p-1. The highest BCUT2D eigenvalue weighted by Crippen LogP contribution is 2.36. The van der Waals surface area contributed by atoms with Crippen molar-refractivity contribution in [2.24, 2.45) is 5.10 Å². The number of non-ortho nitro benzene ring substituents is 1. The Labute approximate surface area is 196 Å². The number of rotatable bonds is 5. The van der Waals surface area contributed by atoms with Crippen LogP contribution in [-0.4, -0.2) is 25.7 Å². The van der Waals surface area contributed by atoms with Crippen molar-refractivity contribution in [3.8, 4) is 5.75 Å². The average Bonchev–Trinajstić information content (AvgIpc) is 3.08. The highest BCUT2D eigenvalue weighted by molar-refractivity contribution is 5.80. The first-order chi connectivity index (χ1) is 16.6. The topological polar surface area (TPSA) is 200 Å². The van der Waals surface area contributed by atoms with Gasteiger partial charge in [-0.3, -0.25) is 36.2 Å². The molecule has 14 heteroatoms. The lowest BCUT2D eigenvalue weighted by molar-refractivity contribution is -0.619. The SMILES string of the molecule is Cc1n(N=Cc2ccccc2)c2ccccc2[n+]1N.O=[N+]([O-])c1cc([N+](=O)[O-])c([O-])c([N+](=O)[O-])c1. The van der Waals surface area contributed by atoms with Crippen LogP contribution in [0.1, 0.15) is 11.4 Å². The van der Waals surface area contributed by atoms with Crippen LogP contribution in [0.2, 0.25) is 0 Å². The predicted molar refractivity (Wildman–Crippen MR) is 122 cm³/mol. The second-order valence-electron chi connectivity index (χ2n) is 6.96. The lowest BCUT2D eigenvalue weighted by Gasteiger charge is -2.06. The Morgan fingerprint density at radius 2 is 1.43 bits per heavy atom. The van der Waals surface area contributed by atoms with Gasteiger partial charge in [-0.15, -0.1) is 4.68 Å². The summed E-state index contributed by atoms with van der Waals surface area (Å²) >= 11 is 0. The summed E-state index contributed by atoms with van der Waals surface area (Å²) in [4.78, 5) is 27.5. The fourth-order valence-corrected chi connectivity index (χ4v) is 3.07. The zero-order valence-electron chi connectivity index (χ0n) is 18.0. The quantitative estimate of drug-likeness (QED) is 0.148. The van der Waals surface area contributed by atoms with E-state index in [4.69, 9.17) is 5.84 Å². The van der Waals surface area contributed by atoms with Gasteiger partial charge in [0.2, 0.25) is 11.0 Å². The summed E-state index contributed by atoms with van der Waals surface area (Å²) in [5, 5.41) is 46.6. The van der Waals surface area contributed by atoms with Crippen molar-refractivity contribution < 1.29 is 24.6 Å². The third kappa shape index (κ3) is 5.16. The van der Waals surface area contributed by atoms with Gasteiger partial charge in [-0.25, -0.2) is 0 Å². The second-order valence-corrected chi connectivity index (χ2v) is 6.96. The summed E-state index contributed by atoms with van der Waals surface area (Å²) in [6, 6.07) is 18.7. The third-order valence-electron chi connectivity index (χ3n) is 4.79. The predicted octanol–water partition coefficient (Wildman–Crippen LogP) is 2.32. The van der Waals surface area contributed by atoms with Crippen molar-refractivity contribution in [3.63, 3.8) is 0 Å². The lowest BCUT2D eigenvalue weighted by atomic mass is 10.2. The van der Waals surface area contributed by atoms with E-state index in [9.17, 15) is 35.4 Å². The minimum absolute atomic E-state index is 0.384. The first-order valence-corrected chi connectivity index (χ1v) is 9.76. The number of hydrogen-bond acceptors (Lipinski definition) is 9. The number of hydrogen-bond donors (Lipinski definition) is 1. The fourth-order valence-electron chi connectivity index (χ4n) is 3.07. The van der Waals surface area contributed by atoms with Crippen LogP contribution in [0.25, 0.3) is 11.0 Å². The van der Waals surface area contributed by atoms with E-state index in [2.05, 4.69) is 5.10 Å². The van der Waals surface area contributed by atoms with Crippen molar-refractivity contribution in [2.45, 2.75) is 6.92 Å². The molecule has 0 aliphatic carbocycles. The molecule has 0 aliphatic rings. The molecule has 0 aliphatic heterocycles. The summed E-state index contributed by atoms with van der Waals surface area (Å²) in [6.07, 6.45) is 1.83. The Balaban J connectivity index is 0.000000199. The first kappa shape index (κ1) is 24.2. The van der Waals surface area contributed by atoms with E-state index in [1.54, 1.807) is 4.68 Å². The second kappa shape index (κ2) is 10.0. The van der Waals surface area contributed by atoms with Crippen molar-refractivity contribution in [2.75, 3.05) is 5.84 Å². The molecule has 2 N–H and O–H groups in total. The number of benzene rings is 3. The summed E-state index contributed by atoms with van der Waals surface area (Å²) in [5.74, 6) is 5.45. The van der Waals surface area contributed by atoms with Crippen molar-refractivity contribution in [1.82, 2.24) is 4.68 Å². The van der Waals surface area contributed by atoms with Gasteiger partial charge >= 0.3 is 5.82 Å². The van der Waals surface area contributed by atoms with E-state index in [0.29, 0.717) is 12.1 Å². The van der Waals surface area contributed by atoms with Gasteiger partial charge in [0, 0.05) is 6.92 Å². The van der Waals surface area contributed by atoms with E-state index >= 15 is 0 Å². The minimum Gasteiger partial charge on any atom is -0.863 e. The van der Waals surface area contributed by atoms with Gasteiger partial charge in [-0.2, -0.15) is 0 Å². The van der Waals surface area contributed by atoms with Crippen LogP contribution in [0, 0.1) is 37.3 Å². The molecule has 0 bridgehead atoms. The lowest BCUT2D eigenvalue weighted by Crippen LogP contribution is -2.46. The van der Waals surface area contributed by atoms with Crippen LogP contribution in [0.3, 0.4) is 0 Å². The molecule has 14 nitrogen and oxygen atoms in total. The van der Waals surface area contributed by atoms with Gasteiger partial charge in [-0.05, 0) is 17.7 Å². The van der Waals surface area contributed by atoms with Crippen LogP contribution in [0.4, 0.5) is 17.1 Å². The molecule has 178 valence electrons. The maximum absolute atomic E-state index is 11.1. The van der Waals surface area contributed by atoms with Crippen LogP contribution >= 0.6 is 0 Å². The van der Waals surface area contributed by atoms with E-state index in [1.807, 2.05) is 72.4 Å². The van der Waals surface area contributed by atoms with Crippen LogP contribution in [0.15, 0.2) is 71.8 Å². The molecule has 4 rings (SSSR count). The number of aromatic nitrogens is 2. The Morgan fingerprint density at radius 1 is 0.886 bits per heavy atom. The Morgan fingerprint density at radius 3 is 1.97 bits per heavy atom. The Hall–Kier alpha value is -5.40. The summed E-state index contributed by atoms with van der Waals surface area (Å²) in [7, 11) is 0. The van der Waals surface area contributed by atoms with Gasteiger partial charge in [0.25, 0.3) is 17.1 Å². The number of nitrogen functional groups attached to an aromatic ring is 1. The van der Waals surface area contributed by atoms with E-state index in [1.165, 1.54) is 0 Å². The molecule has 0 atom stereocenters. The molecule has 0 saturated heterocycles. The zero-order chi connectivity index (χ0) is 25.7. The van der Waals surface area contributed by atoms with Gasteiger partial charge in [-0.1, -0.05) is 52.2 Å². The molecule has 0 saturated carbocycles. The summed E-state index contributed by atoms with van der Waals surface area (Å²) < 4.78 is 3.50. The van der Waals surface area contributed by atoms with Gasteiger partial charge < -0.3 is 5.11 Å². The number of nitro groups is 3. The number of imidazole rings is 1. The van der Waals surface area contributed by atoms with E-state index in [-0.39, 0.29) is 0 Å². The van der Waals surface area contributed by atoms with Crippen LogP contribution < -0.4 is 15.6 Å². The molecule has 0 spiro atoms. The highest BCUT2D eigenvalue weighted by Gasteiger charge is 2.24. The average molecular weight is 479 g/mol. The highest BCUT2D eigenvalue weighted by atomic mass is 16.6. The van der Waals surface area contributed by atoms with E-state index in [0.717, 1.165) is 22.4 Å². The molecule has 1 heterocycles. The number of fused-ring (bicyclic) bond motifs is 1. The number of nitrogens with zero attached hydrogens (tertiary/aromatic N) is 6. The van der Waals surface area contributed by atoms with Crippen LogP contribution in [-0.2, 0) is 0 Å². The Bertz CT molecular complexity index is 1430. The number of nitrogens with two attached hydrogens (primary N) is 1. The molecule has 0 fully saturated rings. The normalized spacial score (nSPS) is 10.7. The molecule has 0 amide bonds. The number of para-hydroxylation sites is 2. The molecule has 3 aromatic carbocycles. The maximum atomic E-state index is 11.1. The number of nitro benzene ring substituents is 3. The molecular weight excluding hydrogens is 462 g/mol. The first-order valence-electron chi connectivity index (χ1n) is 9.76. The molecule has 0 unspecified atom stereocenters. The van der Waals surface area contributed by atoms with Crippen molar-refractivity contribution in [1.29, 1.82) is 0 Å². The molecule has 35 heavy (non-hydrogen) atoms. The largest absolute Gasteiger partial charge is 0.863 e.